The summed E-state index contributed by atoms with van der Waals surface area (Å²) in [6.45, 7) is 18.2. The summed E-state index contributed by atoms with van der Waals surface area (Å²) in [5.41, 5.74) is 8.82. The monoisotopic (exact) mass is 422 g/mol. The molecule has 0 aromatic heterocycles. The van der Waals surface area contributed by atoms with Crippen LogP contribution in [-0.4, -0.2) is 11.4 Å². The smallest absolute Gasteiger partial charge is 0.0725 e. The highest BCUT2D eigenvalue weighted by atomic mass is 14.9. The maximum absolute atomic E-state index is 5.30. The van der Waals surface area contributed by atoms with Gasteiger partial charge in [-0.05, 0) is 22.3 Å². The molecule has 2 heteroatoms. The molecule has 2 aromatic carbocycles. The van der Waals surface area contributed by atoms with Crippen LogP contribution in [0.1, 0.15) is 66.5 Å². The molecule has 0 spiro atoms. The highest BCUT2D eigenvalue weighted by Gasteiger charge is 2.45. The van der Waals surface area contributed by atoms with Crippen molar-refractivity contribution in [2.24, 2.45) is 20.8 Å². The van der Waals surface area contributed by atoms with Gasteiger partial charge in [0, 0.05) is 33.1 Å². The van der Waals surface area contributed by atoms with E-state index < -0.39 is 0 Å². The molecule has 2 aromatic rings. The van der Waals surface area contributed by atoms with E-state index >= 15 is 0 Å². The minimum absolute atomic E-state index is 0.161. The zero-order chi connectivity index (χ0) is 23.1. The highest BCUT2D eigenvalue weighted by molar-refractivity contribution is 6.48. The number of fused-ring (bicyclic) bond motifs is 8. The average molecular weight is 423 g/mol. The fourth-order valence-corrected chi connectivity index (χ4v) is 5.24. The second-order valence-corrected chi connectivity index (χ2v) is 11.8. The molecule has 0 N–H and O–H groups in total. The molecule has 0 radical (unpaired) electrons. The van der Waals surface area contributed by atoms with E-state index in [0.29, 0.717) is 0 Å². The van der Waals surface area contributed by atoms with Crippen LogP contribution in [0.2, 0.25) is 0 Å². The molecule has 3 aliphatic rings. The molecule has 8 bridgehead atoms. The second-order valence-electron chi connectivity index (χ2n) is 11.8. The summed E-state index contributed by atoms with van der Waals surface area (Å²) in [5.74, 6) is 0. The third-order valence-electron chi connectivity index (χ3n) is 7.69. The number of nitrogens with zero attached hydrogens (tertiary/aromatic N) is 2. The molecule has 5 rings (SSSR count). The topological polar surface area (TPSA) is 24.7 Å². The third kappa shape index (κ3) is 2.99. The van der Waals surface area contributed by atoms with Crippen molar-refractivity contribution in [1.82, 2.24) is 0 Å². The summed E-state index contributed by atoms with van der Waals surface area (Å²) in [6, 6.07) is 18.0. The van der Waals surface area contributed by atoms with Gasteiger partial charge in [-0.1, -0.05) is 116 Å². The Bertz CT molecular complexity index is 1160. The quantitative estimate of drug-likeness (QED) is 0.416. The number of hydrogen-bond donors (Lipinski definition) is 0. The molecule has 0 atom stereocenters. The van der Waals surface area contributed by atoms with Crippen LogP contribution in [0.15, 0.2) is 82.1 Å². The predicted molar refractivity (Wildman–Crippen MR) is 137 cm³/mol. The number of allylic oxidation sites excluding steroid dienone is 4. The number of hydrogen-bond acceptors (Lipinski definition) is 2. The van der Waals surface area contributed by atoms with Gasteiger partial charge in [-0.3, -0.25) is 9.98 Å². The molecule has 3 heterocycles. The molecule has 32 heavy (non-hydrogen) atoms. The maximum atomic E-state index is 5.30. The van der Waals surface area contributed by atoms with Gasteiger partial charge in [0.2, 0.25) is 0 Å². The van der Waals surface area contributed by atoms with Gasteiger partial charge in [-0.15, -0.1) is 0 Å². The SMILES string of the molecule is CC1(C)C=C2N=C1C1=NC(=CC1(C)C)C(C)(C)c1cccc(c1)-c1cccc(c1)C2(C)C. The van der Waals surface area contributed by atoms with Crippen LogP contribution in [0, 0.1) is 10.8 Å². The molecular weight excluding hydrogens is 388 g/mol. The lowest BCUT2D eigenvalue weighted by atomic mass is 9.74. The standard InChI is InChI=1S/C30H34N2/c1-27(2)17-23-29(5,6)21-13-9-11-19(15-21)20-12-10-14-22(16-20)30(7,8)24-18-28(3,4)26(32-24)25(27)31-23/h9-18H,1-8H3. The molecule has 0 saturated heterocycles. The van der Waals surface area contributed by atoms with Gasteiger partial charge < -0.3 is 0 Å². The first-order valence-electron chi connectivity index (χ1n) is 11.7. The number of rotatable bonds is 0. The van der Waals surface area contributed by atoms with E-state index in [-0.39, 0.29) is 21.7 Å². The largest absolute Gasteiger partial charge is 0.254 e. The van der Waals surface area contributed by atoms with Gasteiger partial charge in [0.1, 0.15) is 0 Å². The van der Waals surface area contributed by atoms with Crippen LogP contribution in [0.25, 0.3) is 11.1 Å². The fraction of sp³-hybridized carbons (Fsp3) is 0.400. The molecule has 2 nitrogen and oxygen atoms in total. The van der Waals surface area contributed by atoms with Crippen molar-refractivity contribution >= 4 is 11.4 Å². The lowest BCUT2D eigenvalue weighted by Crippen LogP contribution is -2.35. The summed E-state index contributed by atoms with van der Waals surface area (Å²) in [6.07, 6.45) is 4.72. The third-order valence-corrected chi connectivity index (χ3v) is 7.69. The van der Waals surface area contributed by atoms with Crippen LogP contribution >= 0.6 is 0 Å². The van der Waals surface area contributed by atoms with Crippen molar-refractivity contribution in [3.63, 3.8) is 0 Å². The predicted octanol–water partition coefficient (Wildman–Crippen LogP) is 7.65. The summed E-state index contributed by atoms with van der Waals surface area (Å²) >= 11 is 0. The van der Waals surface area contributed by atoms with Gasteiger partial charge in [-0.25, -0.2) is 0 Å². The first kappa shape index (κ1) is 21.1. The van der Waals surface area contributed by atoms with E-state index in [4.69, 9.17) is 9.98 Å². The van der Waals surface area contributed by atoms with Crippen LogP contribution in [0.5, 0.6) is 0 Å². The van der Waals surface area contributed by atoms with Gasteiger partial charge in [0.25, 0.3) is 0 Å². The van der Waals surface area contributed by atoms with Crippen molar-refractivity contribution in [2.75, 3.05) is 0 Å². The Balaban J connectivity index is 1.84. The van der Waals surface area contributed by atoms with Crippen molar-refractivity contribution in [1.29, 1.82) is 0 Å². The first-order chi connectivity index (χ1) is 14.8. The van der Waals surface area contributed by atoms with E-state index in [9.17, 15) is 0 Å². The van der Waals surface area contributed by atoms with Gasteiger partial charge in [0.05, 0.1) is 11.4 Å². The van der Waals surface area contributed by atoms with E-state index in [1.54, 1.807) is 0 Å². The van der Waals surface area contributed by atoms with Crippen molar-refractivity contribution in [2.45, 2.75) is 66.2 Å². The molecule has 0 fully saturated rings. The zero-order valence-corrected chi connectivity index (χ0v) is 20.7. The second kappa shape index (κ2) is 6.41. The highest BCUT2D eigenvalue weighted by Crippen LogP contribution is 2.47. The lowest BCUT2D eigenvalue weighted by Gasteiger charge is -2.27. The van der Waals surface area contributed by atoms with Crippen molar-refractivity contribution in [3.8, 4) is 11.1 Å². The van der Waals surface area contributed by atoms with E-state index in [1.165, 1.54) is 22.3 Å². The Kier molecular flexibility index (Phi) is 4.23. The van der Waals surface area contributed by atoms with Crippen LogP contribution in [0.3, 0.4) is 0 Å². The normalized spacial score (nSPS) is 23.5. The minimum Gasteiger partial charge on any atom is -0.254 e. The first-order valence-corrected chi connectivity index (χ1v) is 11.7. The Labute approximate surface area is 192 Å². The van der Waals surface area contributed by atoms with Crippen molar-refractivity contribution < 1.29 is 0 Å². The van der Waals surface area contributed by atoms with Crippen LogP contribution in [0.4, 0.5) is 0 Å². The summed E-state index contributed by atoms with van der Waals surface area (Å²) in [7, 11) is 0. The molecule has 0 saturated carbocycles. The Morgan fingerprint density at radius 2 is 0.906 bits per heavy atom. The molecule has 0 aliphatic carbocycles. The number of aliphatic imine (C=N–C) groups is 2. The Morgan fingerprint density at radius 1 is 0.531 bits per heavy atom. The van der Waals surface area contributed by atoms with E-state index in [0.717, 1.165) is 22.8 Å². The van der Waals surface area contributed by atoms with E-state index in [2.05, 4.69) is 116 Å². The zero-order valence-electron chi connectivity index (χ0n) is 20.7. The van der Waals surface area contributed by atoms with E-state index in [1.807, 2.05) is 0 Å². The molecule has 0 unspecified atom stereocenters. The Morgan fingerprint density at radius 3 is 1.28 bits per heavy atom. The molecule has 0 amide bonds. The summed E-state index contributed by atoms with van der Waals surface area (Å²) in [5, 5.41) is 0. The summed E-state index contributed by atoms with van der Waals surface area (Å²) < 4.78 is 0. The summed E-state index contributed by atoms with van der Waals surface area (Å²) in [4.78, 5) is 10.6. The van der Waals surface area contributed by atoms with Gasteiger partial charge >= 0.3 is 0 Å². The Hall–Kier alpha value is -2.74. The molecular formula is C30H34N2. The van der Waals surface area contributed by atoms with Crippen LogP contribution in [-0.2, 0) is 10.8 Å². The minimum atomic E-state index is -0.199. The maximum Gasteiger partial charge on any atom is 0.0725 e. The average Bonchev–Trinajstić information content (AvgIpc) is 3.23. The molecule has 164 valence electrons. The van der Waals surface area contributed by atoms with Crippen LogP contribution < -0.4 is 0 Å². The molecule has 3 aliphatic heterocycles. The van der Waals surface area contributed by atoms with Crippen molar-refractivity contribution in [3.05, 3.63) is 83.2 Å². The number of benzene rings is 2. The fourth-order valence-electron chi connectivity index (χ4n) is 5.24. The van der Waals surface area contributed by atoms with Gasteiger partial charge in [-0.2, -0.15) is 0 Å². The van der Waals surface area contributed by atoms with Gasteiger partial charge in [0.15, 0.2) is 0 Å². The lowest BCUT2D eigenvalue weighted by molar-refractivity contribution is 0.604.